The lowest BCUT2D eigenvalue weighted by Crippen LogP contribution is -2.12. The van der Waals surface area contributed by atoms with Crippen molar-refractivity contribution in [3.63, 3.8) is 0 Å². The standard InChI is InChI=1S/C13H9BrCl2FN/c14-10-5-7(1-3-12(10)16)13(18)9-6-8(17)2-4-11(9)15/h1-6,13H,18H2. The van der Waals surface area contributed by atoms with E-state index < -0.39 is 6.04 Å². The number of nitrogens with two attached hydrogens (primary N) is 1. The molecule has 5 heteroatoms. The van der Waals surface area contributed by atoms with Crippen LogP contribution in [0.3, 0.4) is 0 Å². The van der Waals surface area contributed by atoms with Crippen molar-refractivity contribution in [2.75, 3.05) is 0 Å². The molecule has 2 aromatic carbocycles. The van der Waals surface area contributed by atoms with Gasteiger partial charge in [0, 0.05) is 9.50 Å². The molecule has 2 N–H and O–H groups in total. The summed E-state index contributed by atoms with van der Waals surface area (Å²) in [5, 5.41) is 1.03. The van der Waals surface area contributed by atoms with Crippen LogP contribution >= 0.6 is 39.1 Å². The number of hydrogen-bond donors (Lipinski definition) is 1. The minimum Gasteiger partial charge on any atom is -0.320 e. The van der Waals surface area contributed by atoms with Gasteiger partial charge in [-0.1, -0.05) is 29.3 Å². The first kappa shape index (κ1) is 13.8. The van der Waals surface area contributed by atoms with Crippen molar-refractivity contribution in [1.29, 1.82) is 0 Å². The number of benzene rings is 2. The predicted octanol–water partition coefficient (Wildman–Crippen LogP) is 4.94. The Labute approximate surface area is 123 Å². The second-order valence-electron chi connectivity index (χ2n) is 3.82. The quantitative estimate of drug-likeness (QED) is 0.816. The maximum atomic E-state index is 13.2. The highest BCUT2D eigenvalue weighted by atomic mass is 79.9. The summed E-state index contributed by atoms with van der Waals surface area (Å²) in [6.07, 6.45) is 0. The van der Waals surface area contributed by atoms with E-state index in [1.165, 1.54) is 18.2 Å². The summed E-state index contributed by atoms with van der Waals surface area (Å²) in [6, 6.07) is 8.96. The molecule has 0 radical (unpaired) electrons. The Bertz CT molecular complexity index is 589. The number of halogens is 4. The SMILES string of the molecule is NC(c1ccc(Cl)c(Br)c1)c1cc(F)ccc1Cl. The largest absolute Gasteiger partial charge is 0.320 e. The third-order valence-corrected chi connectivity index (χ3v) is 4.15. The van der Waals surface area contributed by atoms with E-state index >= 15 is 0 Å². The zero-order valence-electron chi connectivity index (χ0n) is 9.13. The molecule has 0 saturated heterocycles. The van der Waals surface area contributed by atoms with Gasteiger partial charge in [-0.15, -0.1) is 0 Å². The topological polar surface area (TPSA) is 26.0 Å². The van der Waals surface area contributed by atoms with Crippen molar-refractivity contribution in [1.82, 2.24) is 0 Å². The second kappa shape index (κ2) is 5.57. The molecule has 0 aromatic heterocycles. The molecule has 1 atom stereocenters. The first-order valence-corrected chi connectivity index (χ1v) is 6.69. The highest BCUT2D eigenvalue weighted by Crippen LogP contribution is 2.31. The van der Waals surface area contributed by atoms with Crippen LogP contribution in [0.4, 0.5) is 4.39 Å². The van der Waals surface area contributed by atoms with Gasteiger partial charge in [0.05, 0.1) is 11.1 Å². The highest BCUT2D eigenvalue weighted by Gasteiger charge is 2.14. The van der Waals surface area contributed by atoms with Gasteiger partial charge in [-0.3, -0.25) is 0 Å². The molecule has 2 rings (SSSR count). The van der Waals surface area contributed by atoms with Crippen molar-refractivity contribution in [2.24, 2.45) is 5.73 Å². The summed E-state index contributed by atoms with van der Waals surface area (Å²) in [4.78, 5) is 0. The summed E-state index contributed by atoms with van der Waals surface area (Å²) >= 11 is 15.3. The summed E-state index contributed by atoms with van der Waals surface area (Å²) in [5.74, 6) is -0.363. The van der Waals surface area contributed by atoms with Crippen LogP contribution in [-0.4, -0.2) is 0 Å². The molecule has 0 aliphatic rings. The highest BCUT2D eigenvalue weighted by molar-refractivity contribution is 9.10. The predicted molar refractivity (Wildman–Crippen MR) is 76.6 cm³/mol. The van der Waals surface area contributed by atoms with E-state index in [1.54, 1.807) is 18.2 Å². The van der Waals surface area contributed by atoms with E-state index in [0.29, 0.717) is 15.6 Å². The van der Waals surface area contributed by atoms with Crippen molar-refractivity contribution < 1.29 is 4.39 Å². The van der Waals surface area contributed by atoms with Crippen LogP contribution in [0.25, 0.3) is 0 Å². The van der Waals surface area contributed by atoms with E-state index in [1.807, 2.05) is 0 Å². The van der Waals surface area contributed by atoms with Gasteiger partial charge in [0.15, 0.2) is 0 Å². The first-order chi connectivity index (χ1) is 8.49. The zero-order chi connectivity index (χ0) is 13.3. The summed E-state index contributed by atoms with van der Waals surface area (Å²) in [7, 11) is 0. The third kappa shape index (κ3) is 2.86. The minimum atomic E-state index is -0.498. The monoisotopic (exact) mass is 347 g/mol. The van der Waals surface area contributed by atoms with E-state index in [9.17, 15) is 4.39 Å². The molecular weight excluding hydrogens is 340 g/mol. The normalized spacial score (nSPS) is 12.5. The van der Waals surface area contributed by atoms with Crippen molar-refractivity contribution in [3.05, 3.63) is 67.9 Å². The Morgan fingerprint density at radius 1 is 1.06 bits per heavy atom. The summed E-state index contributed by atoms with van der Waals surface area (Å²) in [5.41, 5.74) is 7.44. The molecule has 0 spiro atoms. The van der Waals surface area contributed by atoms with Crippen LogP contribution in [0, 0.1) is 5.82 Å². The first-order valence-electron chi connectivity index (χ1n) is 5.14. The van der Waals surface area contributed by atoms with Crippen LogP contribution < -0.4 is 5.73 Å². The van der Waals surface area contributed by atoms with Crippen molar-refractivity contribution in [3.8, 4) is 0 Å². The van der Waals surface area contributed by atoms with Gasteiger partial charge >= 0.3 is 0 Å². The van der Waals surface area contributed by atoms with Crippen molar-refractivity contribution >= 4 is 39.1 Å². The Balaban J connectivity index is 2.44. The van der Waals surface area contributed by atoms with Crippen LogP contribution in [0.2, 0.25) is 10.0 Å². The summed E-state index contributed by atoms with van der Waals surface area (Å²) in [6.45, 7) is 0. The molecule has 0 amide bonds. The molecule has 0 aliphatic heterocycles. The molecule has 0 bridgehead atoms. The molecule has 0 fully saturated rings. The van der Waals surface area contributed by atoms with Crippen LogP contribution in [0.1, 0.15) is 17.2 Å². The maximum Gasteiger partial charge on any atom is 0.123 e. The smallest absolute Gasteiger partial charge is 0.123 e. The van der Waals surface area contributed by atoms with Gasteiger partial charge in [-0.2, -0.15) is 0 Å². The molecular formula is C13H9BrCl2FN. The molecule has 0 saturated carbocycles. The fraction of sp³-hybridized carbons (Fsp3) is 0.0769. The second-order valence-corrected chi connectivity index (χ2v) is 5.49. The van der Waals surface area contributed by atoms with Gasteiger partial charge in [0.2, 0.25) is 0 Å². The zero-order valence-corrected chi connectivity index (χ0v) is 12.2. The molecule has 0 heterocycles. The Morgan fingerprint density at radius 2 is 1.72 bits per heavy atom. The molecule has 94 valence electrons. The molecule has 18 heavy (non-hydrogen) atoms. The fourth-order valence-corrected chi connectivity index (χ4v) is 2.39. The lowest BCUT2D eigenvalue weighted by Gasteiger charge is -2.15. The Kier molecular flexibility index (Phi) is 4.28. The minimum absolute atomic E-state index is 0.363. The molecule has 1 unspecified atom stereocenters. The van der Waals surface area contributed by atoms with E-state index in [-0.39, 0.29) is 5.82 Å². The molecule has 2 aromatic rings. The average molecular weight is 349 g/mol. The van der Waals surface area contributed by atoms with Crippen molar-refractivity contribution in [2.45, 2.75) is 6.04 Å². The van der Waals surface area contributed by atoms with Gasteiger partial charge in [-0.05, 0) is 57.4 Å². The van der Waals surface area contributed by atoms with Gasteiger partial charge in [0.1, 0.15) is 5.82 Å². The molecule has 0 aliphatic carbocycles. The van der Waals surface area contributed by atoms with Crippen LogP contribution in [0.15, 0.2) is 40.9 Å². The lowest BCUT2D eigenvalue weighted by atomic mass is 9.99. The fourth-order valence-electron chi connectivity index (χ4n) is 1.64. The van der Waals surface area contributed by atoms with Gasteiger partial charge in [0.25, 0.3) is 0 Å². The van der Waals surface area contributed by atoms with E-state index in [0.717, 1.165) is 10.0 Å². The van der Waals surface area contributed by atoms with Gasteiger partial charge in [-0.25, -0.2) is 4.39 Å². The van der Waals surface area contributed by atoms with Crippen LogP contribution in [-0.2, 0) is 0 Å². The van der Waals surface area contributed by atoms with E-state index in [2.05, 4.69) is 15.9 Å². The number of hydrogen-bond acceptors (Lipinski definition) is 1. The maximum absolute atomic E-state index is 13.2. The molecule has 1 nitrogen and oxygen atoms in total. The Hall–Kier alpha value is -0.610. The summed E-state index contributed by atoms with van der Waals surface area (Å²) < 4.78 is 14.0. The van der Waals surface area contributed by atoms with E-state index in [4.69, 9.17) is 28.9 Å². The lowest BCUT2D eigenvalue weighted by molar-refractivity contribution is 0.623. The van der Waals surface area contributed by atoms with Gasteiger partial charge < -0.3 is 5.73 Å². The number of rotatable bonds is 2. The Morgan fingerprint density at radius 3 is 2.39 bits per heavy atom. The average Bonchev–Trinajstić information content (AvgIpc) is 2.35. The third-order valence-electron chi connectivity index (χ3n) is 2.60. The van der Waals surface area contributed by atoms with Crippen LogP contribution in [0.5, 0.6) is 0 Å².